The zero-order valence-electron chi connectivity index (χ0n) is 13.6. The average Bonchev–Trinajstić information content (AvgIpc) is 2.45. The molecule has 0 aromatic rings. The zero-order chi connectivity index (χ0) is 16.6. The van der Waals surface area contributed by atoms with Crippen LogP contribution in [0.15, 0.2) is 0 Å². The fraction of sp³-hybridized carbons (Fsp3) is 1.00. The highest BCUT2D eigenvalue weighted by molar-refractivity contribution is 6.52. The van der Waals surface area contributed by atoms with Gasteiger partial charge in [-0.2, -0.15) is 18.3 Å². The summed E-state index contributed by atoms with van der Waals surface area (Å²) >= 11 is 0. The third-order valence-electron chi connectivity index (χ3n) is 1.12. The van der Waals surface area contributed by atoms with Gasteiger partial charge in [-0.1, -0.05) is 0 Å². The van der Waals surface area contributed by atoms with Gasteiger partial charge in [0, 0.05) is 6.10 Å². The van der Waals surface area contributed by atoms with Gasteiger partial charge in [0.05, 0.1) is 26.4 Å². The monoisotopic (exact) mass is 332 g/mol. The van der Waals surface area contributed by atoms with Crippen molar-refractivity contribution < 1.29 is 43.0 Å². The predicted molar refractivity (Wildman–Crippen MR) is 74.0 cm³/mol. The van der Waals surface area contributed by atoms with Crippen LogP contribution in [0, 0.1) is 0 Å². The van der Waals surface area contributed by atoms with Gasteiger partial charge in [-0.3, -0.25) is 0 Å². The number of aliphatic hydroxyl groups excluding tert-OH is 1. The zero-order valence-corrected chi connectivity index (χ0v) is 14.6. The molecule has 0 saturated carbocycles. The van der Waals surface area contributed by atoms with E-state index in [1.165, 1.54) is 0 Å². The molecule has 0 aromatic heterocycles. The lowest BCUT2D eigenvalue weighted by molar-refractivity contribution is -0.425. The minimum Gasteiger partial charge on any atom is -0.394 e. The van der Waals surface area contributed by atoms with Crippen LogP contribution in [-0.4, -0.2) is 46.7 Å². The van der Waals surface area contributed by atoms with Crippen LogP contribution >= 0.6 is 0 Å². The first-order valence-corrected chi connectivity index (χ1v) is 8.51. The van der Waals surface area contributed by atoms with E-state index in [0.29, 0.717) is 0 Å². The van der Waals surface area contributed by atoms with Gasteiger partial charge in [0.15, 0.2) is 0 Å². The summed E-state index contributed by atoms with van der Waals surface area (Å²) in [7, 11) is -3.77. The Morgan fingerprint density at radius 3 is 1.00 bits per heavy atom. The lowest BCUT2D eigenvalue weighted by Gasteiger charge is -2.22. The summed E-state index contributed by atoms with van der Waals surface area (Å²) in [6, 6.07) is 0. The summed E-state index contributed by atoms with van der Waals surface area (Å²) in [5.74, 6) is 0. The maximum absolute atomic E-state index is 8.06. The Morgan fingerprint density at radius 2 is 0.857 bits per heavy atom. The molecule has 0 rings (SSSR count). The highest BCUT2D eigenvalue weighted by Crippen LogP contribution is 2.14. The summed E-state index contributed by atoms with van der Waals surface area (Å²) in [4.78, 5) is 18.9. The smallest absolute Gasteiger partial charge is 0.394 e. The van der Waals surface area contributed by atoms with Crippen molar-refractivity contribution in [1.82, 2.24) is 0 Å². The molecule has 0 bridgehead atoms. The van der Waals surface area contributed by atoms with E-state index < -0.39 is 9.05 Å². The molecule has 0 unspecified atom stereocenters. The van der Waals surface area contributed by atoms with Crippen LogP contribution in [0.2, 0.25) is 0 Å². The normalized spacial score (nSPS) is 11.4. The van der Waals surface area contributed by atoms with E-state index in [1.54, 1.807) is 41.5 Å². The molecule has 1 N–H and O–H groups in total. The first-order chi connectivity index (χ1) is 9.97. The second-order valence-electron chi connectivity index (χ2n) is 3.55. The van der Waals surface area contributed by atoms with E-state index in [1.807, 2.05) is 0 Å². The topological polar surface area (TPSA) is 94.1 Å². The molecule has 0 spiro atoms. The van der Waals surface area contributed by atoms with E-state index >= 15 is 0 Å². The molecule has 21 heavy (non-hydrogen) atoms. The first kappa shape index (κ1) is 23.1. The Labute approximate surface area is 127 Å². The number of hydrogen-bond acceptors (Lipinski definition) is 9. The van der Waals surface area contributed by atoms with Crippen molar-refractivity contribution in [2.45, 2.75) is 47.6 Å². The van der Waals surface area contributed by atoms with Crippen molar-refractivity contribution in [1.29, 1.82) is 0 Å². The van der Waals surface area contributed by atoms with Crippen molar-refractivity contribution in [3.63, 3.8) is 0 Å². The number of aliphatic hydroxyl groups is 1. The lowest BCUT2D eigenvalue weighted by Crippen LogP contribution is -2.49. The van der Waals surface area contributed by atoms with Gasteiger partial charge in [0.25, 0.3) is 0 Å². The van der Waals surface area contributed by atoms with Crippen LogP contribution in [0.25, 0.3) is 0 Å². The number of hydrogen-bond donors (Lipinski definition) is 1. The van der Waals surface area contributed by atoms with E-state index in [0.717, 1.165) is 0 Å². The maximum atomic E-state index is 8.06. The van der Waals surface area contributed by atoms with E-state index in [9.17, 15) is 0 Å². The third-order valence-corrected chi connectivity index (χ3v) is 2.40. The van der Waals surface area contributed by atoms with E-state index in [2.05, 4.69) is 0 Å². The summed E-state index contributed by atoms with van der Waals surface area (Å²) in [5.41, 5.74) is 0. The lowest BCUT2D eigenvalue weighted by atomic mass is 10.5. The van der Waals surface area contributed by atoms with Crippen LogP contribution in [0.4, 0.5) is 0 Å². The standard InChI is InChI=1S/C8H20O8Si.C3H8O/c1-5-9-13-17(14-10-6-2,15-11-7-3)16-12-8-4;1-3(2)4/h5-8H2,1-4H3;3-4H,1-2H3. The average molecular weight is 332 g/mol. The van der Waals surface area contributed by atoms with Crippen LogP contribution in [0.5, 0.6) is 0 Å². The minimum absolute atomic E-state index is 0.167. The van der Waals surface area contributed by atoms with Crippen molar-refractivity contribution >= 4 is 9.05 Å². The molecule has 10 heteroatoms. The Hall–Kier alpha value is -0.143. The van der Waals surface area contributed by atoms with Crippen molar-refractivity contribution in [3.05, 3.63) is 0 Å². The van der Waals surface area contributed by atoms with Crippen molar-refractivity contribution in [2.24, 2.45) is 0 Å². The summed E-state index contributed by atoms with van der Waals surface area (Å²) in [5, 5.41) is 8.06. The largest absolute Gasteiger partial charge is 0.792 e. The Morgan fingerprint density at radius 1 is 0.667 bits per heavy atom. The van der Waals surface area contributed by atoms with Gasteiger partial charge in [-0.25, -0.2) is 19.6 Å². The van der Waals surface area contributed by atoms with Gasteiger partial charge in [0.2, 0.25) is 0 Å². The number of rotatable bonds is 12. The summed E-state index contributed by atoms with van der Waals surface area (Å²) < 4.78 is 19.5. The first-order valence-electron chi connectivity index (χ1n) is 6.88. The molecule has 0 aromatic carbocycles. The molecule has 0 amide bonds. The van der Waals surface area contributed by atoms with Crippen LogP contribution < -0.4 is 0 Å². The van der Waals surface area contributed by atoms with Crippen molar-refractivity contribution in [2.75, 3.05) is 26.4 Å². The second kappa shape index (κ2) is 16.2. The molecule has 9 nitrogen and oxygen atoms in total. The molecule has 0 heterocycles. The fourth-order valence-corrected chi connectivity index (χ4v) is 1.82. The Kier molecular flexibility index (Phi) is 17.9. The Balaban J connectivity index is 0. The van der Waals surface area contributed by atoms with Crippen LogP contribution in [-0.2, 0) is 37.9 Å². The molecule has 0 radical (unpaired) electrons. The third kappa shape index (κ3) is 16.1. The molecule has 0 aliphatic carbocycles. The molecule has 130 valence electrons. The Bertz CT molecular complexity index is 166. The summed E-state index contributed by atoms with van der Waals surface area (Å²) in [6.07, 6.45) is -0.167. The predicted octanol–water partition coefficient (Wildman–Crippen LogP) is 1.68. The van der Waals surface area contributed by atoms with E-state index in [-0.39, 0.29) is 32.5 Å². The molecule has 0 fully saturated rings. The second-order valence-corrected chi connectivity index (χ2v) is 5.22. The highest BCUT2D eigenvalue weighted by atomic mass is 28.4. The summed E-state index contributed by atoms with van der Waals surface area (Å²) in [6.45, 7) is 11.4. The van der Waals surface area contributed by atoms with Gasteiger partial charge in [-0.15, -0.1) is 0 Å². The maximum Gasteiger partial charge on any atom is 0.792 e. The molecule has 0 aliphatic heterocycles. The van der Waals surface area contributed by atoms with Crippen LogP contribution in [0.3, 0.4) is 0 Å². The molecule has 0 aliphatic rings. The fourth-order valence-electron chi connectivity index (χ4n) is 0.608. The van der Waals surface area contributed by atoms with Gasteiger partial charge in [-0.05, 0) is 41.5 Å². The highest BCUT2D eigenvalue weighted by Gasteiger charge is 2.54. The quantitative estimate of drug-likeness (QED) is 0.325. The molecular weight excluding hydrogens is 304 g/mol. The van der Waals surface area contributed by atoms with Gasteiger partial charge < -0.3 is 5.11 Å². The van der Waals surface area contributed by atoms with Gasteiger partial charge in [0.1, 0.15) is 0 Å². The van der Waals surface area contributed by atoms with Crippen LogP contribution in [0.1, 0.15) is 41.5 Å². The molecule has 0 atom stereocenters. The minimum atomic E-state index is -3.77. The van der Waals surface area contributed by atoms with Gasteiger partial charge >= 0.3 is 9.05 Å². The van der Waals surface area contributed by atoms with E-state index in [4.69, 9.17) is 43.0 Å². The SMILES string of the molecule is CC(C)O.CCOO[Si](OOCC)(OOCC)OOCC. The molecule has 0 saturated heterocycles. The van der Waals surface area contributed by atoms with Crippen molar-refractivity contribution in [3.8, 4) is 0 Å². The molecular formula is C11H28O9Si.